The molecule has 0 aliphatic carbocycles. The molecule has 0 spiro atoms. The predicted molar refractivity (Wildman–Crippen MR) is 131 cm³/mol. The molecule has 178 valence electrons. The average Bonchev–Trinajstić information content (AvgIpc) is 3.45. The van der Waals surface area contributed by atoms with Gasteiger partial charge in [0.25, 0.3) is 11.7 Å². The second-order valence-corrected chi connectivity index (χ2v) is 8.85. The van der Waals surface area contributed by atoms with Gasteiger partial charge in [-0.15, -0.1) is 0 Å². The molecule has 1 atom stereocenters. The van der Waals surface area contributed by atoms with E-state index in [1.807, 2.05) is 30.3 Å². The zero-order valence-electron chi connectivity index (χ0n) is 19.4. The summed E-state index contributed by atoms with van der Waals surface area (Å²) in [5.41, 5.74) is 1.62. The highest BCUT2D eigenvalue weighted by Gasteiger charge is 2.47. The number of anilines is 1. The number of benzene rings is 3. The number of fused-ring (bicyclic) bond motifs is 1. The lowest BCUT2D eigenvalue weighted by molar-refractivity contribution is -0.132. The van der Waals surface area contributed by atoms with Crippen LogP contribution in [0.1, 0.15) is 31.0 Å². The van der Waals surface area contributed by atoms with Crippen LogP contribution in [0.3, 0.4) is 0 Å². The molecule has 1 unspecified atom stereocenters. The first-order chi connectivity index (χ1) is 16.9. The molecule has 35 heavy (non-hydrogen) atoms. The Morgan fingerprint density at radius 3 is 2.43 bits per heavy atom. The quantitative estimate of drug-likeness (QED) is 0.307. The zero-order valence-corrected chi connectivity index (χ0v) is 19.4. The van der Waals surface area contributed by atoms with E-state index in [0.29, 0.717) is 46.6 Å². The molecule has 3 aromatic carbocycles. The molecule has 3 aromatic rings. The summed E-state index contributed by atoms with van der Waals surface area (Å²) >= 11 is 0. The van der Waals surface area contributed by atoms with Crippen LogP contribution in [0.4, 0.5) is 5.69 Å². The van der Waals surface area contributed by atoms with Gasteiger partial charge in [0.15, 0.2) is 11.5 Å². The van der Waals surface area contributed by atoms with Crippen molar-refractivity contribution in [3.63, 3.8) is 0 Å². The number of hydrogen-bond acceptors (Lipinski definition) is 6. The third-order valence-electron chi connectivity index (χ3n) is 5.91. The van der Waals surface area contributed by atoms with Crippen LogP contribution in [-0.4, -0.2) is 30.2 Å². The summed E-state index contributed by atoms with van der Waals surface area (Å²) in [7, 11) is 0. The molecule has 7 heteroatoms. The van der Waals surface area contributed by atoms with Crippen LogP contribution in [0, 0.1) is 5.92 Å². The Morgan fingerprint density at radius 1 is 1.00 bits per heavy atom. The van der Waals surface area contributed by atoms with Crippen molar-refractivity contribution in [2.24, 2.45) is 5.92 Å². The molecular formula is C28H25NO6. The number of rotatable bonds is 6. The van der Waals surface area contributed by atoms with E-state index in [1.165, 1.54) is 4.90 Å². The molecule has 1 saturated heterocycles. The first kappa shape index (κ1) is 22.5. The largest absolute Gasteiger partial charge is 0.507 e. The van der Waals surface area contributed by atoms with Crippen molar-refractivity contribution in [2.75, 3.05) is 18.3 Å². The minimum Gasteiger partial charge on any atom is -0.507 e. The molecule has 7 nitrogen and oxygen atoms in total. The monoisotopic (exact) mass is 471 g/mol. The number of ketones is 1. The maximum Gasteiger partial charge on any atom is 0.300 e. The van der Waals surface area contributed by atoms with Crippen molar-refractivity contribution in [3.05, 3.63) is 89.5 Å². The Morgan fingerprint density at radius 2 is 1.71 bits per heavy atom. The highest BCUT2D eigenvalue weighted by Crippen LogP contribution is 2.44. The Kier molecular flexibility index (Phi) is 5.91. The average molecular weight is 472 g/mol. The van der Waals surface area contributed by atoms with E-state index in [1.54, 1.807) is 42.5 Å². The SMILES string of the molecule is CC(C)COc1ccc(/C(O)=C2\C(=O)C(=O)N(c3ccc4c(c3)OCO4)C2c2ccccc2)cc1. The van der Waals surface area contributed by atoms with Gasteiger partial charge in [-0.1, -0.05) is 44.2 Å². The molecule has 2 heterocycles. The molecule has 5 rings (SSSR count). The number of hydrogen-bond donors (Lipinski definition) is 1. The van der Waals surface area contributed by atoms with Crippen LogP contribution < -0.4 is 19.1 Å². The van der Waals surface area contributed by atoms with Gasteiger partial charge in [0.2, 0.25) is 6.79 Å². The third-order valence-corrected chi connectivity index (χ3v) is 5.91. The van der Waals surface area contributed by atoms with Crippen molar-refractivity contribution >= 4 is 23.1 Å². The van der Waals surface area contributed by atoms with Gasteiger partial charge in [-0.05, 0) is 47.9 Å². The molecule has 0 bridgehead atoms. The van der Waals surface area contributed by atoms with Crippen LogP contribution in [-0.2, 0) is 9.59 Å². The number of carbonyl (C=O) groups is 2. The van der Waals surface area contributed by atoms with Crippen molar-refractivity contribution in [1.82, 2.24) is 0 Å². The molecule has 0 radical (unpaired) electrons. The first-order valence-corrected chi connectivity index (χ1v) is 11.4. The van der Waals surface area contributed by atoms with Gasteiger partial charge in [-0.2, -0.15) is 0 Å². The molecule has 2 aliphatic rings. The minimum atomic E-state index is -0.812. The summed E-state index contributed by atoms with van der Waals surface area (Å²) in [6, 6.07) is 20.3. The molecular weight excluding hydrogens is 446 g/mol. The molecule has 1 N–H and O–H groups in total. The van der Waals surface area contributed by atoms with Gasteiger partial charge < -0.3 is 19.3 Å². The lowest BCUT2D eigenvalue weighted by Gasteiger charge is -2.25. The van der Waals surface area contributed by atoms with E-state index < -0.39 is 17.7 Å². The smallest absolute Gasteiger partial charge is 0.300 e. The highest BCUT2D eigenvalue weighted by molar-refractivity contribution is 6.51. The maximum absolute atomic E-state index is 13.3. The third kappa shape index (κ3) is 4.21. The molecule has 2 aliphatic heterocycles. The van der Waals surface area contributed by atoms with Crippen LogP contribution in [0.15, 0.2) is 78.4 Å². The van der Waals surface area contributed by atoms with Crippen LogP contribution in [0.5, 0.6) is 17.2 Å². The number of nitrogens with zero attached hydrogens (tertiary/aromatic N) is 1. The zero-order chi connectivity index (χ0) is 24.5. The molecule has 1 fully saturated rings. The van der Waals surface area contributed by atoms with E-state index >= 15 is 0 Å². The van der Waals surface area contributed by atoms with E-state index in [9.17, 15) is 14.7 Å². The Bertz CT molecular complexity index is 1300. The van der Waals surface area contributed by atoms with E-state index in [0.717, 1.165) is 0 Å². The number of Topliss-reactive ketones (excluding diaryl/α,β-unsaturated/α-hetero) is 1. The highest BCUT2D eigenvalue weighted by atomic mass is 16.7. The standard InChI is InChI=1S/C28H25NO6/c1-17(2)15-33-21-11-8-19(9-12-21)26(30)24-25(18-6-4-3-5-7-18)29(28(32)27(24)31)20-10-13-22-23(14-20)35-16-34-22/h3-14,17,25,30H,15-16H2,1-2H3/b26-24+. The van der Waals surface area contributed by atoms with Crippen molar-refractivity contribution in [2.45, 2.75) is 19.9 Å². The van der Waals surface area contributed by atoms with Gasteiger partial charge in [-0.3, -0.25) is 14.5 Å². The Balaban J connectivity index is 1.58. The lowest BCUT2D eigenvalue weighted by atomic mass is 9.95. The Labute approximate surface area is 203 Å². The number of aliphatic hydroxyl groups excluding tert-OH is 1. The lowest BCUT2D eigenvalue weighted by Crippen LogP contribution is -2.29. The topological polar surface area (TPSA) is 85.3 Å². The fourth-order valence-electron chi connectivity index (χ4n) is 4.21. The van der Waals surface area contributed by atoms with Crippen LogP contribution in [0.25, 0.3) is 5.76 Å². The van der Waals surface area contributed by atoms with Crippen LogP contribution >= 0.6 is 0 Å². The summed E-state index contributed by atoms with van der Waals surface area (Å²) in [5, 5.41) is 11.3. The van der Waals surface area contributed by atoms with Gasteiger partial charge in [0, 0.05) is 17.3 Å². The minimum absolute atomic E-state index is 0.0229. The predicted octanol–water partition coefficient (Wildman–Crippen LogP) is 5.08. The fraction of sp³-hybridized carbons (Fsp3) is 0.214. The van der Waals surface area contributed by atoms with Crippen molar-refractivity contribution < 1.29 is 28.9 Å². The molecule has 1 amide bonds. The van der Waals surface area contributed by atoms with Gasteiger partial charge >= 0.3 is 0 Å². The van der Waals surface area contributed by atoms with Gasteiger partial charge in [0.05, 0.1) is 18.2 Å². The van der Waals surface area contributed by atoms with Crippen molar-refractivity contribution in [3.8, 4) is 17.2 Å². The summed E-state index contributed by atoms with van der Waals surface area (Å²) in [5.74, 6) is 0.382. The second-order valence-electron chi connectivity index (χ2n) is 8.85. The van der Waals surface area contributed by atoms with E-state index in [-0.39, 0.29) is 18.1 Å². The number of amides is 1. The van der Waals surface area contributed by atoms with Gasteiger partial charge in [0.1, 0.15) is 11.5 Å². The summed E-state index contributed by atoms with van der Waals surface area (Å²) in [4.78, 5) is 27.9. The van der Waals surface area contributed by atoms with E-state index in [4.69, 9.17) is 14.2 Å². The summed E-state index contributed by atoms with van der Waals surface area (Å²) < 4.78 is 16.6. The number of carbonyl (C=O) groups excluding carboxylic acids is 2. The number of ether oxygens (including phenoxy) is 3. The van der Waals surface area contributed by atoms with Crippen LogP contribution in [0.2, 0.25) is 0 Å². The maximum atomic E-state index is 13.3. The Hall–Kier alpha value is -4.26. The van der Waals surface area contributed by atoms with E-state index in [2.05, 4.69) is 13.8 Å². The normalized spacial score (nSPS) is 18.4. The summed E-state index contributed by atoms with van der Waals surface area (Å²) in [6.45, 7) is 4.78. The number of aliphatic hydroxyl groups is 1. The van der Waals surface area contributed by atoms with Crippen molar-refractivity contribution in [1.29, 1.82) is 0 Å². The summed E-state index contributed by atoms with van der Waals surface area (Å²) in [6.07, 6.45) is 0. The molecule has 0 aromatic heterocycles. The second kappa shape index (κ2) is 9.18. The molecule has 0 saturated carbocycles. The first-order valence-electron chi connectivity index (χ1n) is 11.4. The van der Waals surface area contributed by atoms with Gasteiger partial charge in [-0.25, -0.2) is 0 Å². The fourth-order valence-corrected chi connectivity index (χ4v) is 4.21.